The molecule has 5 nitrogen and oxygen atoms in total. The standard InChI is InChI=1S/C24H23FN2O3S/c25-22-10-12-23(13-11-22)31(29,30)27(16-19-6-2-1-3-7-19)18-24(28)26-15-14-20-8-4-5-9-21(20)17-26/h1-13H,14-18H2. The fourth-order valence-corrected chi connectivity index (χ4v) is 5.11. The average Bonchev–Trinajstić information content (AvgIpc) is 2.79. The van der Waals surface area contributed by atoms with Crippen molar-refractivity contribution >= 4 is 15.9 Å². The molecule has 0 saturated carbocycles. The van der Waals surface area contributed by atoms with E-state index in [1.54, 1.807) is 4.90 Å². The normalized spacial score (nSPS) is 13.8. The van der Waals surface area contributed by atoms with Crippen molar-refractivity contribution in [2.24, 2.45) is 0 Å². The molecule has 0 aliphatic carbocycles. The lowest BCUT2D eigenvalue weighted by molar-refractivity contribution is -0.132. The molecule has 0 saturated heterocycles. The van der Waals surface area contributed by atoms with Gasteiger partial charge in [0.15, 0.2) is 0 Å². The molecule has 4 rings (SSSR count). The Morgan fingerprint density at radius 2 is 1.55 bits per heavy atom. The quantitative estimate of drug-likeness (QED) is 0.591. The second-order valence-corrected chi connectivity index (χ2v) is 9.48. The summed E-state index contributed by atoms with van der Waals surface area (Å²) in [7, 11) is -3.99. The number of carbonyl (C=O) groups is 1. The number of fused-ring (bicyclic) bond motifs is 1. The van der Waals surface area contributed by atoms with Crippen LogP contribution in [0.15, 0.2) is 83.8 Å². The van der Waals surface area contributed by atoms with E-state index in [1.807, 2.05) is 48.5 Å². The van der Waals surface area contributed by atoms with Crippen molar-refractivity contribution in [2.75, 3.05) is 13.1 Å². The molecular weight excluding hydrogens is 415 g/mol. The maximum atomic E-state index is 13.3. The second kappa shape index (κ2) is 8.99. The number of hydrogen-bond donors (Lipinski definition) is 0. The molecule has 0 radical (unpaired) electrons. The minimum atomic E-state index is -3.99. The first-order valence-corrected chi connectivity index (χ1v) is 11.5. The number of nitrogens with zero attached hydrogens (tertiary/aromatic N) is 2. The number of halogens is 1. The summed E-state index contributed by atoms with van der Waals surface area (Å²) >= 11 is 0. The van der Waals surface area contributed by atoms with Gasteiger partial charge in [-0.3, -0.25) is 4.79 Å². The number of rotatable bonds is 6. The van der Waals surface area contributed by atoms with Gasteiger partial charge in [0.2, 0.25) is 15.9 Å². The van der Waals surface area contributed by atoms with Gasteiger partial charge >= 0.3 is 0 Å². The van der Waals surface area contributed by atoms with E-state index in [4.69, 9.17) is 0 Å². The lowest BCUT2D eigenvalue weighted by Gasteiger charge is -2.31. The summed E-state index contributed by atoms with van der Waals surface area (Å²) in [5.74, 6) is -0.771. The van der Waals surface area contributed by atoms with Gasteiger partial charge in [-0.1, -0.05) is 54.6 Å². The Labute approximate surface area is 181 Å². The lowest BCUT2D eigenvalue weighted by atomic mass is 10.00. The molecule has 160 valence electrons. The van der Waals surface area contributed by atoms with Crippen molar-refractivity contribution in [1.29, 1.82) is 0 Å². The largest absolute Gasteiger partial charge is 0.337 e. The molecular formula is C24H23FN2O3S. The van der Waals surface area contributed by atoms with Gasteiger partial charge in [0.05, 0.1) is 11.4 Å². The summed E-state index contributed by atoms with van der Waals surface area (Å²) in [6.07, 6.45) is 0.741. The number of amides is 1. The molecule has 0 unspecified atom stereocenters. The third-order valence-electron chi connectivity index (χ3n) is 5.45. The van der Waals surface area contributed by atoms with Crippen molar-refractivity contribution in [2.45, 2.75) is 24.4 Å². The SMILES string of the molecule is O=C(CN(Cc1ccccc1)S(=O)(=O)c1ccc(F)cc1)N1CCc2ccccc2C1. The van der Waals surface area contributed by atoms with Gasteiger partial charge in [-0.2, -0.15) is 4.31 Å². The van der Waals surface area contributed by atoms with Crippen LogP contribution in [0.4, 0.5) is 4.39 Å². The Bertz CT molecular complexity index is 1160. The van der Waals surface area contributed by atoms with Gasteiger partial charge in [-0.25, -0.2) is 12.8 Å². The Balaban J connectivity index is 1.58. The Morgan fingerprint density at radius 1 is 0.903 bits per heavy atom. The molecule has 1 aliphatic heterocycles. The first-order chi connectivity index (χ1) is 14.9. The van der Waals surface area contributed by atoms with Crippen LogP contribution in [0.5, 0.6) is 0 Å². The van der Waals surface area contributed by atoms with Gasteiger partial charge < -0.3 is 4.90 Å². The van der Waals surface area contributed by atoms with Crippen molar-refractivity contribution in [1.82, 2.24) is 9.21 Å². The fourth-order valence-electron chi connectivity index (χ4n) is 3.73. The molecule has 0 N–H and O–H groups in total. The van der Waals surface area contributed by atoms with Crippen LogP contribution < -0.4 is 0 Å². The molecule has 7 heteroatoms. The highest BCUT2D eigenvalue weighted by molar-refractivity contribution is 7.89. The molecule has 31 heavy (non-hydrogen) atoms. The van der Waals surface area contributed by atoms with E-state index < -0.39 is 15.8 Å². The van der Waals surface area contributed by atoms with E-state index in [0.717, 1.165) is 29.7 Å². The van der Waals surface area contributed by atoms with Crippen LogP contribution in [0.2, 0.25) is 0 Å². The summed E-state index contributed by atoms with van der Waals surface area (Å²) in [6, 6.07) is 21.7. The molecule has 0 atom stereocenters. The van der Waals surface area contributed by atoms with E-state index in [-0.39, 0.29) is 23.9 Å². The van der Waals surface area contributed by atoms with E-state index in [0.29, 0.717) is 13.1 Å². The first kappa shape index (κ1) is 21.2. The van der Waals surface area contributed by atoms with Crippen LogP contribution in [0.25, 0.3) is 0 Å². The van der Waals surface area contributed by atoms with E-state index in [2.05, 4.69) is 6.07 Å². The summed E-state index contributed by atoms with van der Waals surface area (Å²) in [6.45, 7) is 0.782. The second-order valence-electron chi connectivity index (χ2n) is 7.55. The molecule has 0 bridgehead atoms. The molecule has 3 aromatic carbocycles. The molecule has 0 aromatic heterocycles. The monoisotopic (exact) mass is 438 g/mol. The number of benzene rings is 3. The predicted octanol–water partition coefficient (Wildman–Crippen LogP) is 3.60. The number of carbonyl (C=O) groups excluding carboxylic acids is 1. The first-order valence-electron chi connectivity index (χ1n) is 10.1. The smallest absolute Gasteiger partial charge is 0.243 e. The Hall–Kier alpha value is -3.03. The molecule has 1 aliphatic rings. The van der Waals surface area contributed by atoms with Crippen LogP contribution in [-0.4, -0.2) is 36.6 Å². The van der Waals surface area contributed by atoms with E-state index >= 15 is 0 Å². The zero-order valence-corrected chi connectivity index (χ0v) is 17.8. The molecule has 1 amide bonds. The van der Waals surface area contributed by atoms with Crippen LogP contribution in [0.1, 0.15) is 16.7 Å². The van der Waals surface area contributed by atoms with Gasteiger partial charge in [-0.05, 0) is 47.4 Å². The third-order valence-corrected chi connectivity index (χ3v) is 7.25. The summed E-state index contributed by atoms with van der Waals surface area (Å²) in [4.78, 5) is 14.8. The zero-order chi connectivity index (χ0) is 21.8. The third kappa shape index (κ3) is 4.84. The highest BCUT2D eigenvalue weighted by atomic mass is 32.2. The van der Waals surface area contributed by atoms with Crippen molar-refractivity contribution in [3.63, 3.8) is 0 Å². The van der Waals surface area contributed by atoms with Gasteiger partial charge in [0, 0.05) is 19.6 Å². The van der Waals surface area contributed by atoms with Crippen LogP contribution >= 0.6 is 0 Å². The van der Waals surface area contributed by atoms with Crippen LogP contribution in [-0.2, 0) is 34.3 Å². The minimum absolute atomic E-state index is 0.0402. The van der Waals surface area contributed by atoms with Crippen molar-refractivity contribution in [3.8, 4) is 0 Å². The highest BCUT2D eigenvalue weighted by Gasteiger charge is 2.30. The number of hydrogen-bond acceptors (Lipinski definition) is 3. The maximum Gasteiger partial charge on any atom is 0.243 e. The van der Waals surface area contributed by atoms with Crippen LogP contribution in [0, 0.1) is 5.82 Å². The van der Waals surface area contributed by atoms with Crippen molar-refractivity contribution in [3.05, 3.63) is 101 Å². The molecule has 3 aromatic rings. The van der Waals surface area contributed by atoms with E-state index in [9.17, 15) is 17.6 Å². The minimum Gasteiger partial charge on any atom is -0.337 e. The zero-order valence-electron chi connectivity index (χ0n) is 16.9. The topological polar surface area (TPSA) is 57.7 Å². The number of sulfonamides is 1. The molecule has 0 fully saturated rings. The predicted molar refractivity (Wildman–Crippen MR) is 116 cm³/mol. The van der Waals surface area contributed by atoms with Crippen molar-refractivity contribution < 1.29 is 17.6 Å². The average molecular weight is 439 g/mol. The molecule has 0 spiro atoms. The highest BCUT2D eigenvalue weighted by Crippen LogP contribution is 2.22. The Morgan fingerprint density at radius 3 is 2.26 bits per heavy atom. The summed E-state index contributed by atoms with van der Waals surface area (Å²) in [5, 5.41) is 0. The fraction of sp³-hybridized carbons (Fsp3) is 0.208. The lowest BCUT2D eigenvalue weighted by Crippen LogP contribution is -2.44. The van der Waals surface area contributed by atoms with Gasteiger partial charge in [0.1, 0.15) is 5.82 Å². The van der Waals surface area contributed by atoms with E-state index in [1.165, 1.54) is 22.0 Å². The van der Waals surface area contributed by atoms with Crippen LogP contribution in [0.3, 0.4) is 0 Å². The van der Waals surface area contributed by atoms with Gasteiger partial charge in [-0.15, -0.1) is 0 Å². The summed E-state index contributed by atoms with van der Waals surface area (Å²) in [5.41, 5.74) is 3.06. The Kier molecular flexibility index (Phi) is 6.15. The summed E-state index contributed by atoms with van der Waals surface area (Å²) < 4.78 is 41.1. The maximum absolute atomic E-state index is 13.3. The molecule has 1 heterocycles. The van der Waals surface area contributed by atoms with Gasteiger partial charge in [0.25, 0.3) is 0 Å².